The molecule has 3 heteroatoms. The van der Waals surface area contributed by atoms with Crippen molar-refractivity contribution in [2.45, 2.75) is 44.3 Å². The molecule has 3 unspecified atom stereocenters. The minimum Gasteiger partial charge on any atom is -0.381 e. The van der Waals surface area contributed by atoms with E-state index in [9.17, 15) is 4.39 Å². The molecule has 3 atom stereocenters. The van der Waals surface area contributed by atoms with Crippen LogP contribution in [0, 0.1) is 5.92 Å². The van der Waals surface area contributed by atoms with Gasteiger partial charge in [-0.3, -0.25) is 4.90 Å². The minimum atomic E-state index is -1.08. The predicted octanol–water partition coefficient (Wildman–Crippen LogP) is 2.24. The van der Waals surface area contributed by atoms with Crippen molar-refractivity contribution in [3.8, 4) is 0 Å². The van der Waals surface area contributed by atoms with E-state index in [1.54, 1.807) is 7.11 Å². The van der Waals surface area contributed by atoms with Crippen LogP contribution in [0.5, 0.6) is 0 Å². The number of alkyl halides is 1. The summed E-state index contributed by atoms with van der Waals surface area (Å²) in [6.07, 6.45) is 4.46. The van der Waals surface area contributed by atoms with E-state index in [2.05, 4.69) is 11.8 Å². The van der Waals surface area contributed by atoms with Crippen LogP contribution in [0.2, 0.25) is 0 Å². The molecule has 15 heavy (non-hydrogen) atoms. The van der Waals surface area contributed by atoms with Crippen LogP contribution in [0.1, 0.15) is 32.6 Å². The average Bonchev–Trinajstić information content (AvgIpc) is 2.73. The molecule has 0 spiro atoms. The summed E-state index contributed by atoms with van der Waals surface area (Å²) in [6, 6.07) is 0.634. The molecule has 0 bridgehead atoms. The quantitative estimate of drug-likeness (QED) is 0.716. The zero-order chi connectivity index (χ0) is 10.9. The van der Waals surface area contributed by atoms with Gasteiger partial charge >= 0.3 is 0 Å². The Morgan fingerprint density at radius 2 is 2.27 bits per heavy atom. The van der Waals surface area contributed by atoms with Gasteiger partial charge in [-0.2, -0.15) is 0 Å². The van der Waals surface area contributed by atoms with E-state index >= 15 is 0 Å². The number of hydrogen-bond acceptors (Lipinski definition) is 2. The van der Waals surface area contributed by atoms with Crippen LogP contribution in [-0.2, 0) is 4.74 Å². The van der Waals surface area contributed by atoms with Crippen LogP contribution >= 0.6 is 0 Å². The first-order chi connectivity index (χ1) is 7.13. The Bertz CT molecular complexity index is 224. The fourth-order valence-electron chi connectivity index (χ4n) is 3.06. The van der Waals surface area contributed by atoms with Crippen molar-refractivity contribution < 1.29 is 9.13 Å². The van der Waals surface area contributed by atoms with E-state index in [0.29, 0.717) is 19.0 Å². The first kappa shape index (κ1) is 11.3. The summed E-state index contributed by atoms with van der Waals surface area (Å²) < 4.78 is 19.1. The molecule has 1 heterocycles. The second-order valence-corrected chi connectivity index (χ2v) is 5.38. The van der Waals surface area contributed by atoms with Crippen molar-refractivity contribution in [3.05, 3.63) is 0 Å². The summed E-state index contributed by atoms with van der Waals surface area (Å²) in [6.45, 7) is 4.05. The van der Waals surface area contributed by atoms with Crippen molar-refractivity contribution in [2.24, 2.45) is 5.92 Å². The Morgan fingerprint density at radius 1 is 1.47 bits per heavy atom. The topological polar surface area (TPSA) is 12.5 Å². The van der Waals surface area contributed by atoms with Gasteiger partial charge in [0.2, 0.25) is 0 Å². The third-order valence-electron chi connectivity index (χ3n) is 3.92. The van der Waals surface area contributed by atoms with E-state index in [1.807, 2.05) is 0 Å². The van der Waals surface area contributed by atoms with Crippen LogP contribution in [0.4, 0.5) is 4.39 Å². The maximum Gasteiger partial charge on any atom is 0.148 e. The van der Waals surface area contributed by atoms with Gasteiger partial charge < -0.3 is 4.74 Å². The molecule has 2 nitrogen and oxygen atoms in total. The second-order valence-electron chi connectivity index (χ2n) is 5.38. The molecular weight excluding hydrogens is 193 g/mol. The summed E-state index contributed by atoms with van der Waals surface area (Å²) in [5, 5.41) is 0. The largest absolute Gasteiger partial charge is 0.381 e. The molecule has 1 aliphatic carbocycles. The predicted molar refractivity (Wildman–Crippen MR) is 58.7 cm³/mol. The Kier molecular flexibility index (Phi) is 3.31. The molecule has 88 valence electrons. The van der Waals surface area contributed by atoms with Crippen LogP contribution < -0.4 is 0 Å². The second kappa shape index (κ2) is 4.38. The lowest BCUT2D eigenvalue weighted by atomic mass is 10.1. The summed E-state index contributed by atoms with van der Waals surface area (Å²) in [5.41, 5.74) is -1.08. The summed E-state index contributed by atoms with van der Waals surface area (Å²) in [7, 11) is 1.58. The minimum absolute atomic E-state index is 0.256. The van der Waals surface area contributed by atoms with Crippen molar-refractivity contribution in [2.75, 3.05) is 26.8 Å². The first-order valence-electron chi connectivity index (χ1n) is 6.05. The third kappa shape index (κ3) is 2.51. The zero-order valence-corrected chi connectivity index (χ0v) is 9.84. The maximum atomic E-state index is 14.1. The number of nitrogens with zero attached hydrogens (tertiary/aromatic N) is 1. The summed E-state index contributed by atoms with van der Waals surface area (Å²) in [4.78, 5) is 2.34. The molecule has 0 aromatic rings. The molecule has 0 aromatic carbocycles. The van der Waals surface area contributed by atoms with Crippen LogP contribution in [0.15, 0.2) is 0 Å². The monoisotopic (exact) mass is 215 g/mol. The fraction of sp³-hybridized carbons (Fsp3) is 1.00. The van der Waals surface area contributed by atoms with E-state index in [0.717, 1.165) is 12.5 Å². The lowest BCUT2D eigenvalue weighted by Gasteiger charge is -2.25. The smallest absolute Gasteiger partial charge is 0.148 e. The van der Waals surface area contributed by atoms with Crippen molar-refractivity contribution in [1.82, 2.24) is 4.90 Å². The van der Waals surface area contributed by atoms with E-state index in [1.165, 1.54) is 19.3 Å². The fourth-order valence-corrected chi connectivity index (χ4v) is 3.06. The number of hydrogen-bond donors (Lipinski definition) is 0. The number of rotatable bonds is 3. The van der Waals surface area contributed by atoms with Gasteiger partial charge in [0.05, 0.1) is 6.61 Å². The molecule has 0 aromatic heterocycles. The van der Waals surface area contributed by atoms with Gasteiger partial charge in [-0.1, -0.05) is 6.92 Å². The third-order valence-corrected chi connectivity index (χ3v) is 3.92. The Morgan fingerprint density at radius 3 is 2.87 bits per heavy atom. The van der Waals surface area contributed by atoms with Crippen molar-refractivity contribution in [1.29, 1.82) is 0 Å². The number of likely N-dealkylation sites (tertiary alicyclic amines) is 1. The molecule has 0 radical (unpaired) electrons. The Balaban J connectivity index is 1.87. The highest BCUT2D eigenvalue weighted by molar-refractivity contribution is 4.94. The van der Waals surface area contributed by atoms with E-state index in [4.69, 9.17) is 4.74 Å². The van der Waals surface area contributed by atoms with E-state index in [-0.39, 0.29) is 6.61 Å². The van der Waals surface area contributed by atoms with E-state index < -0.39 is 5.67 Å². The van der Waals surface area contributed by atoms with Gasteiger partial charge in [-0.25, -0.2) is 4.39 Å². The first-order valence-corrected chi connectivity index (χ1v) is 6.05. The molecule has 0 N–H and O–H groups in total. The SMILES string of the molecule is COCC1(F)CCN(C2CCC(C)C2)C1. The number of methoxy groups -OCH3 is 1. The molecular formula is C12H22FNO. The maximum absolute atomic E-state index is 14.1. The van der Waals surface area contributed by atoms with Crippen molar-refractivity contribution >= 4 is 0 Å². The standard InChI is InChI=1S/C12H22FNO/c1-10-3-4-11(7-10)14-6-5-12(13,8-14)9-15-2/h10-11H,3-9H2,1-2H3. The molecule has 1 saturated heterocycles. The van der Waals surface area contributed by atoms with Gasteiger partial charge in [0.25, 0.3) is 0 Å². The van der Waals surface area contributed by atoms with Crippen LogP contribution in [0.3, 0.4) is 0 Å². The lowest BCUT2D eigenvalue weighted by molar-refractivity contribution is 0.0434. The molecule has 2 rings (SSSR count). The van der Waals surface area contributed by atoms with Gasteiger partial charge in [-0.05, 0) is 31.6 Å². The molecule has 2 fully saturated rings. The highest BCUT2D eigenvalue weighted by Gasteiger charge is 2.41. The molecule has 1 aliphatic heterocycles. The summed E-state index contributed by atoms with van der Waals surface area (Å²) >= 11 is 0. The van der Waals surface area contributed by atoms with Gasteiger partial charge in [-0.15, -0.1) is 0 Å². The van der Waals surface area contributed by atoms with Gasteiger partial charge in [0.1, 0.15) is 5.67 Å². The lowest BCUT2D eigenvalue weighted by Crippen LogP contribution is -2.37. The zero-order valence-electron chi connectivity index (χ0n) is 9.84. The summed E-state index contributed by atoms with van der Waals surface area (Å²) in [5.74, 6) is 0.826. The van der Waals surface area contributed by atoms with Crippen molar-refractivity contribution in [3.63, 3.8) is 0 Å². The van der Waals surface area contributed by atoms with Crippen LogP contribution in [-0.4, -0.2) is 43.4 Å². The highest BCUT2D eigenvalue weighted by Crippen LogP contribution is 2.34. The van der Waals surface area contributed by atoms with Gasteiger partial charge in [0, 0.05) is 26.2 Å². The normalized spacial score (nSPS) is 42.6. The highest BCUT2D eigenvalue weighted by atomic mass is 19.1. The number of halogens is 1. The number of ether oxygens (including phenoxy) is 1. The van der Waals surface area contributed by atoms with Gasteiger partial charge in [0.15, 0.2) is 0 Å². The average molecular weight is 215 g/mol. The van der Waals surface area contributed by atoms with Crippen LogP contribution in [0.25, 0.3) is 0 Å². The molecule has 2 aliphatic rings. The Labute approximate surface area is 91.8 Å². The molecule has 1 saturated carbocycles. The molecule has 0 amide bonds. The Hall–Kier alpha value is -0.150.